The van der Waals surface area contributed by atoms with Crippen LogP contribution in [0.25, 0.3) is 11.1 Å². The van der Waals surface area contributed by atoms with Crippen molar-refractivity contribution in [3.05, 3.63) is 90.0 Å². The Hall–Kier alpha value is -3.29. The predicted molar refractivity (Wildman–Crippen MR) is 135 cm³/mol. The molecule has 1 saturated heterocycles. The summed E-state index contributed by atoms with van der Waals surface area (Å²) in [6.45, 7) is 1.76. The Labute approximate surface area is 202 Å². The maximum Gasteiger partial charge on any atom is 0.266 e. The molecule has 3 aromatic rings. The molecule has 174 valence electrons. The zero-order valence-corrected chi connectivity index (χ0v) is 20.0. The van der Waals surface area contributed by atoms with Crippen LogP contribution in [0.5, 0.6) is 0 Å². The molecule has 0 aromatic heterocycles. The fourth-order valence-electron chi connectivity index (χ4n) is 4.73. The number of piperidine rings is 1. The molecule has 2 unspecified atom stereocenters. The molecule has 5 rings (SSSR count). The molecule has 2 heterocycles. The van der Waals surface area contributed by atoms with Gasteiger partial charge in [-0.1, -0.05) is 67.1 Å². The number of nitrogens with two attached hydrogens (primary N) is 1. The Balaban J connectivity index is 1.51. The summed E-state index contributed by atoms with van der Waals surface area (Å²) in [7, 11) is 0.516. The van der Waals surface area contributed by atoms with Crippen LogP contribution in [0, 0.1) is 0 Å². The molecule has 0 aliphatic carbocycles. The van der Waals surface area contributed by atoms with Crippen LogP contribution in [0.3, 0.4) is 0 Å². The van der Waals surface area contributed by atoms with Gasteiger partial charge in [-0.05, 0) is 53.3 Å². The highest BCUT2D eigenvalue weighted by Crippen LogP contribution is 2.40. The van der Waals surface area contributed by atoms with E-state index in [1.807, 2.05) is 83.2 Å². The minimum absolute atomic E-state index is 0.180. The maximum absolute atomic E-state index is 13.4. The molecule has 3 aromatic carbocycles. The van der Waals surface area contributed by atoms with Gasteiger partial charge in [-0.3, -0.25) is 9.69 Å². The first-order valence-electron chi connectivity index (χ1n) is 11.6. The quantitative estimate of drug-likeness (QED) is 0.612. The van der Waals surface area contributed by atoms with Crippen molar-refractivity contribution >= 4 is 22.9 Å². The lowest BCUT2D eigenvalue weighted by atomic mass is 9.82. The Morgan fingerprint density at radius 3 is 2.18 bits per heavy atom. The van der Waals surface area contributed by atoms with Gasteiger partial charge in [0, 0.05) is 20.1 Å². The summed E-state index contributed by atoms with van der Waals surface area (Å²) in [6, 6.07) is 25.3. The summed E-state index contributed by atoms with van der Waals surface area (Å²) in [5, 5.41) is 0. The molecule has 2 N–H and O–H groups in total. The minimum Gasteiger partial charge on any atom is -0.369 e. The van der Waals surface area contributed by atoms with Crippen molar-refractivity contribution in [3.8, 4) is 11.1 Å². The lowest BCUT2D eigenvalue weighted by Crippen LogP contribution is -2.41. The van der Waals surface area contributed by atoms with Crippen molar-refractivity contribution < 1.29 is 9.00 Å². The van der Waals surface area contributed by atoms with Gasteiger partial charge in [0.15, 0.2) is 11.5 Å². The van der Waals surface area contributed by atoms with E-state index in [1.165, 1.54) is 11.3 Å². The van der Waals surface area contributed by atoms with Gasteiger partial charge in [0.05, 0.1) is 4.90 Å². The highest BCUT2D eigenvalue weighted by atomic mass is 32.2. The molecule has 7 heteroatoms. The van der Waals surface area contributed by atoms with Gasteiger partial charge >= 0.3 is 0 Å². The van der Waals surface area contributed by atoms with Gasteiger partial charge < -0.3 is 5.73 Å². The van der Waals surface area contributed by atoms with E-state index in [4.69, 9.17) is 5.73 Å². The number of benzene rings is 3. The smallest absolute Gasteiger partial charge is 0.266 e. The summed E-state index contributed by atoms with van der Waals surface area (Å²) in [5.41, 5.74) is 8.36. The molecule has 2 aliphatic rings. The number of carbonyl (C=O) groups is 1. The first-order valence-corrected chi connectivity index (χ1v) is 12.7. The summed E-state index contributed by atoms with van der Waals surface area (Å²) in [6.07, 6.45) is 3.41. The third-order valence-electron chi connectivity index (χ3n) is 6.65. The molecule has 6 nitrogen and oxygen atoms in total. The van der Waals surface area contributed by atoms with Gasteiger partial charge in [0.25, 0.3) is 5.91 Å². The third-order valence-corrected chi connectivity index (χ3v) is 8.16. The fourth-order valence-corrected chi connectivity index (χ4v) is 5.99. The van der Waals surface area contributed by atoms with E-state index in [2.05, 4.69) is 4.99 Å². The van der Waals surface area contributed by atoms with E-state index in [1.54, 1.807) is 7.05 Å². The van der Waals surface area contributed by atoms with E-state index in [9.17, 15) is 9.00 Å². The molecule has 0 radical (unpaired) electrons. The number of hydrogen-bond donors (Lipinski definition) is 1. The van der Waals surface area contributed by atoms with Gasteiger partial charge in [0.2, 0.25) is 0 Å². The molecule has 0 bridgehead atoms. The number of likely N-dealkylation sites (N-methyl/N-ethyl adjacent to an activating group) is 1. The second kappa shape index (κ2) is 9.16. The van der Waals surface area contributed by atoms with Crippen LogP contribution in [0.2, 0.25) is 0 Å². The van der Waals surface area contributed by atoms with Crippen LogP contribution >= 0.6 is 0 Å². The number of nitrogens with zero attached hydrogens (tertiary/aromatic N) is 3. The molecule has 1 amide bonds. The third kappa shape index (κ3) is 3.85. The van der Waals surface area contributed by atoms with Crippen LogP contribution in [-0.2, 0) is 21.3 Å². The molecule has 1 fully saturated rings. The average molecular weight is 473 g/mol. The number of carbonyl (C=O) groups excluding carboxylic acids is 1. The second-order valence-electron chi connectivity index (χ2n) is 8.75. The summed E-state index contributed by atoms with van der Waals surface area (Å²) in [4.78, 5) is 20.3. The molecule has 0 saturated carbocycles. The lowest BCUT2D eigenvalue weighted by molar-refractivity contribution is -0.129. The zero-order valence-electron chi connectivity index (χ0n) is 19.2. The summed E-state index contributed by atoms with van der Waals surface area (Å²) < 4.78 is 15.0. The minimum atomic E-state index is -1.22. The van der Waals surface area contributed by atoms with Crippen LogP contribution in [0.15, 0.2) is 88.8 Å². The fraction of sp³-hybridized carbons (Fsp3) is 0.259. The lowest BCUT2D eigenvalue weighted by Gasteiger charge is -2.26. The second-order valence-corrected chi connectivity index (χ2v) is 10.2. The average Bonchev–Trinajstić information content (AvgIpc) is 3.14. The van der Waals surface area contributed by atoms with E-state index >= 15 is 0 Å². The summed E-state index contributed by atoms with van der Waals surface area (Å²) >= 11 is 0. The van der Waals surface area contributed by atoms with Gasteiger partial charge in [-0.2, -0.15) is 0 Å². The Kier molecular flexibility index (Phi) is 6.06. The SMILES string of the molecule is CN1C(=O)C(c2ccccc2)(c2cccc(-c3ccc(S(=O)N4CCCCC4)cc3)c2)N=C1N. The summed E-state index contributed by atoms with van der Waals surface area (Å²) in [5.74, 6) is 0.0180. The van der Waals surface area contributed by atoms with E-state index < -0.39 is 16.5 Å². The standard InChI is InChI=1S/C27H28N4O2S/c1-30-25(32)27(29-26(30)28,22-10-4-2-5-11-22)23-12-8-9-21(19-23)20-13-15-24(16-14-20)34(33)31-17-6-3-7-18-31/h2,4-5,8-16,19H,3,6-7,17-18H2,1H3,(H2,28,29). The van der Waals surface area contributed by atoms with Gasteiger partial charge in [0.1, 0.15) is 11.0 Å². The zero-order chi connectivity index (χ0) is 23.7. The van der Waals surface area contributed by atoms with Crippen molar-refractivity contribution in [3.63, 3.8) is 0 Å². The van der Waals surface area contributed by atoms with Crippen molar-refractivity contribution in [2.75, 3.05) is 20.1 Å². The molecule has 34 heavy (non-hydrogen) atoms. The molecule has 2 atom stereocenters. The Bertz CT molecular complexity index is 1250. The Morgan fingerprint density at radius 2 is 1.53 bits per heavy atom. The Morgan fingerprint density at radius 1 is 0.853 bits per heavy atom. The first-order chi connectivity index (χ1) is 16.5. The molecule has 2 aliphatic heterocycles. The highest BCUT2D eigenvalue weighted by molar-refractivity contribution is 7.82. The predicted octanol–water partition coefficient (Wildman–Crippen LogP) is 3.89. The van der Waals surface area contributed by atoms with Crippen LogP contribution in [0.1, 0.15) is 30.4 Å². The normalized spacial score (nSPS) is 22.0. The molecular formula is C27H28N4O2S. The van der Waals surface area contributed by atoms with E-state index in [0.29, 0.717) is 0 Å². The molecule has 0 spiro atoms. The number of guanidine groups is 1. The van der Waals surface area contributed by atoms with E-state index in [-0.39, 0.29) is 11.9 Å². The van der Waals surface area contributed by atoms with Crippen molar-refractivity contribution in [1.29, 1.82) is 0 Å². The van der Waals surface area contributed by atoms with Crippen LogP contribution in [0.4, 0.5) is 0 Å². The van der Waals surface area contributed by atoms with Gasteiger partial charge in [-0.15, -0.1) is 0 Å². The topological polar surface area (TPSA) is 79.0 Å². The van der Waals surface area contributed by atoms with Crippen molar-refractivity contribution in [2.24, 2.45) is 10.7 Å². The maximum atomic E-state index is 13.4. The monoisotopic (exact) mass is 472 g/mol. The van der Waals surface area contributed by atoms with E-state index in [0.717, 1.165) is 53.1 Å². The first kappa shape index (κ1) is 22.5. The van der Waals surface area contributed by atoms with Gasteiger partial charge in [-0.25, -0.2) is 13.5 Å². The van der Waals surface area contributed by atoms with Crippen LogP contribution < -0.4 is 5.73 Å². The van der Waals surface area contributed by atoms with Crippen LogP contribution in [-0.4, -0.2) is 45.4 Å². The molecular weight excluding hydrogens is 444 g/mol. The highest BCUT2D eigenvalue weighted by Gasteiger charge is 2.49. The largest absolute Gasteiger partial charge is 0.369 e. The van der Waals surface area contributed by atoms with Crippen molar-refractivity contribution in [2.45, 2.75) is 29.7 Å². The number of aliphatic imine (C=N–C) groups is 1. The van der Waals surface area contributed by atoms with Crippen molar-refractivity contribution in [1.82, 2.24) is 9.21 Å². The number of hydrogen-bond acceptors (Lipinski definition) is 4. The number of rotatable bonds is 5. The number of amides is 1.